The van der Waals surface area contributed by atoms with E-state index in [0.29, 0.717) is 30.8 Å². The summed E-state index contributed by atoms with van der Waals surface area (Å²) in [5.41, 5.74) is 3.77. The van der Waals surface area contributed by atoms with Gasteiger partial charge in [-0.05, 0) is 68.9 Å². The molecule has 2 fully saturated rings. The number of benzene rings is 2. The Kier molecular flexibility index (Phi) is 14.9. The molecule has 350 valence electrons. The molecule has 3 aliphatic heterocycles. The van der Waals surface area contributed by atoms with Crippen LogP contribution in [0.3, 0.4) is 0 Å². The highest BCUT2D eigenvalue weighted by molar-refractivity contribution is 6.06. The van der Waals surface area contributed by atoms with Crippen molar-refractivity contribution in [3.8, 4) is 22.6 Å². The Bertz CT molecular complexity index is 2470. The number of carbonyl (C=O) groups is 5. The molecule has 2 saturated heterocycles. The fourth-order valence-corrected chi connectivity index (χ4v) is 8.06. The normalized spacial score (nSPS) is 18.4. The van der Waals surface area contributed by atoms with Crippen molar-refractivity contribution in [1.82, 2.24) is 24.3 Å². The highest BCUT2D eigenvalue weighted by atomic mass is 16.7. The second-order valence-corrected chi connectivity index (χ2v) is 16.4. The van der Waals surface area contributed by atoms with E-state index in [4.69, 9.17) is 23.7 Å². The second-order valence-electron chi connectivity index (χ2n) is 16.4. The van der Waals surface area contributed by atoms with E-state index in [9.17, 15) is 29.1 Å². The minimum absolute atomic E-state index is 0.0312. The summed E-state index contributed by atoms with van der Waals surface area (Å²) in [6.45, 7) is 10.3. The third-order valence-corrected chi connectivity index (χ3v) is 11.3. The predicted molar refractivity (Wildman–Crippen MR) is 243 cm³/mol. The average Bonchev–Trinajstić information content (AvgIpc) is 4.00. The van der Waals surface area contributed by atoms with E-state index in [1.807, 2.05) is 18.3 Å². The van der Waals surface area contributed by atoms with Gasteiger partial charge < -0.3 is 58.8 Å². The highest BCUT2D eigenvalue weighted by Gasteiger charge is 2.48. The van der Waals surface area contributed by atoms with E-state index >= 15 is 0 Å². The fourth-order valence-electron chi connectivity index (χ4n) is 8.06. The molecule has 3 aliphatic rings. The second kappa shape index (κ2) is 20.9. The van der Waals surface area contributed by atoms with Crippen molar-refractivity contribution in [2.45, 2.75) is 70.1 Å². The van der Waals surface area contributed by atoms with Gasteiger partial charge in [-0.1, -0.05) is 36.9 Å². The Morgan fingerprint density at radius 1 is 1.02 bits per heavy atom. The maximum atomic E-state index is 14.2. The largest absolute Gasteiger partial charge is 0.493 e. The van der Waals surface area contributed by atoms with Crippen molar-refractivity contribution in [3.63, 3.8) is 0 Å². The van der Waals surface area contributed by atoms with Crippen molar-refractivity contribution in [3.05, 3.63) is 96.7 Å². The zero-order chi connectivity index (χ0) is 47.1. The number of ether oxygens (including phenoxy) is 5. The van der Waals surface area contributed by atoms with E-state index in [-0.39, 0.29) is 91.3 Å². The van der Waals surface area contributed by atoms with Crippen LogP contribution in [0.15, 0.2) is 79.7 Å². The van der Waals surface area contributed by atoms with E-state index < -0.39 is 36.7 Å². The van der Waals surface area contributed by atoms with Crippen LogP contribution in [-0.4, -0.2) is 119 Å². The summed E-state index contributed by atoms with van der Waals surface area (Å²) in [6.07, 6.45) is 4.89. The van der Waals surface area contributed by atoms with Crippen LogP contribution in [0, 0.1) is 0 Å². The molecular weight excluding hydrogens is 853 g/mol. The SMILES string of the molecule is C=CCOC(=O)N1c2cc(OCCCC(=O)Nc3cn(C)c(C(=O)Nc4ccc(-c5cc(C(=O)NC[C@H](C)O)n(C)c5)cc4)n3)c(OC)cc2C(=O)N2CC(=C)C[C@H]2C1OC1CCCCO1. The molecule has 66 heavy (non-hydrogen) atoms. The molecule has 0 spiro atoms. The van der Waals surface area contributed by atoms with Crippen molar-refractivity contribution in [1.29, 1.82) is 0 Å². The Balaban J connectivity index is 0.977. The van der Waals surface area contributed by atoms with Crippen LogP contribution in [0.4, 0.5) is 22.0 Å². The number of rotatable bonds is 17. The molecule has 2 aromatic heterocycles. The zero-order valence-electron chi connectivity index (χ0n) is 37.5. The van der Waals surface area contributed by atoms with Crippen LogP contribution in [0.5, 0.6) is 11.5 Å². The molecule has 2 unspecified atom stereocenters. The van der Waals surface area contributed by atoms with Crippen molar-refractivity contribution in [2.24, 2.45) is 14.1 Å². The van der Waals surface area contributed by atoms with Gasteiger partial charge in [-0.3, -0.25) is 19.2 Å². The molecule has 4 aromatic rings. The van der Waals surface area contributed by atoms with Crippen LogP contribution in [0.1, 0.15) is 76.9 Å². The number of aliphatic hydroxyl groups is 1. The number of aryl methyl sites for hydroxylation is 2. The summed E-state index contributed by atoms with van der Waals surface area (Å²) < 4.78 is 33.0. The smallest absolute Gasteiger partial charge is 0.416 e. The van der Waals surface area contributed by atoms with Gasteiger partial charge in [0.25, 0.3) is 17.7 Å². The standard InChI is InChI=1S/C47H56N8O11/c1-7-17-65-47(61)55-34-23-38(37(62-6)22-33(34)45(60)54-25-28(2)20-36(54)46(55)66-41-12-8-9-18-64-41)63-19-10-11-40(57)50-39-27-53(5)42(51-39)44(59)49-32-15-13-30(14-16-32)31-21-35(52(4)26-31)43(58)48-24-29(3)56/h7,13-16,21-23,26-27,29,36,41,46,56H,1-2,8-12,17-20,24-25H2,3-6H3,(H,48,58)(H,49,59)(H,50,57)/t29-,36-,41?,46?/m0/s1. The van der Waals surface area contributed by atoms with Crippen molar-refractivity contribution >= 4 is 46.9 Å². The lowest BCUT2D eigenvalue weighted by molar-refractivity contribution is -0.195. The van der Waals surface area contributed by atoms with Gasteiger partial charge >= 0.3 is 6.09 Å². The molecule has 2 aromatic carbocycles. The number of carbonyl (C=O) groups excluding carboxylic acids is 5. The average molecular weight is 909 g/mol. The van der Waals surface area contributed by atoms with E-state index in [2.05, 4.69) is 34.1 Å². The van der Waals surface area contributed by atoms with Gasteiger partial charge in [-0.15, -0.1) is 0 Å². The topological polar surface area (TPSA) is 217 Å². The number of nitrogens with one attached hydrogen (secondary N) is 3. The molecular formula is C47H56N8O11. The lowest BCUT2D eigenvalue weighted by Crippen LogP contribution is -2.54. The number of amides is 5. The Morgan fingerprint density at radius 3 is 2.52 bits per heavy atom. The molecule has 4 atom stereocenters. The molecule has 5 amide bonds. The molecule has 19 heteroatoms. The van der Waals surface area contributed by atoms with Crippen LogP contribution >= 0.6 is 0 Å². The molecule has 7 rings (SSSR count). The number of hydrogen-bond donors (Lipinski definition) is 4. The van der Waals surface area contributed by atoms with Gasteiger partial charge in [0.15, 0.2) is 29.8 Å². The number of hydrogen-bond acceptors (Lipinski definition) is 12. The Morgan fingerprint density at radius 2 is 1.80 bits per heavy atom. The number of anilines is 3. The third-order valence-electron chi connectivity index (χ3n) is 11.3. The summed E-state index contributed by atoms with van der Waals surface area (Å²) in [6, 6.07) is 11.3. The number of fused-ring (bicyclic) bond motifs is 2. The first-order valence-electron chi connectivity index (χ1n) is 21.8. The first kappa shape index (κ1) is 47.0. The molecule has 0 radical (unpaired) electrons. The van der Waals surface area contributed by atoms with Crippen LogP contribution < -0.4 is 30.3 Å². The first-order chi connectivity index (χ1) is 31.7. The van der Waals surface area contributed by atoms with E-state index in [1.165, 1.54) is 34.9 Å². The van der Waals surface area contributed by atoms with E-state index in [0.717, 1.165) is 29.5 Å². The summed E-state index contributed by atoms with van der Waals surface area (Å²) in [4.78, 5) is 74.4. The van der Waals surface area contributed by atoms with Gasteiger partial charge in [0.05, 0.1) is 37.1 Å². The van der Waals surface area contributed by atoms with Crippen LogP contribution in [0.2, 0.25) is 0 Å². The summed E-state index contributed by atoms with van der Waals surface area (Å²) >= 11 is 0. The number of nitrogens with zero attached hydrogens (tertiary/aromatic N) is 5. The van der Waals surface area contributed by atoms with Gasteiger partial charge in [-0.2, -0.15) is 0 Å². The highest BCUT2D eigenvalue weighted by Crippen LogP contribution is 2.43. The minimum Gasteiger partial charge on any atom is -0.493 e. The molecule has 4 N–H and O–H groups in total. The van der Waals surface area contributed by atoms with Gasteiger partial charge in [0.1, 0.15) is 12.3 Å². The van der Waals surface area contributed by atoms with Crippen LogP contribution in [-0.2, 0) is 33.1 Å². The lowest BCUT2D eigenvalue weighted by atomic mass is 10.1. The number of aliphatic hydroxyl groups excluding tert-OH is 1. The maximum absolute atomic E-state index is 14.2. The predicted octanol–water partition coefficient (Wildman–Crippen LogP) is 5.38. The minimum atomic E-state index is -0.981. The lowest BCUT2D eigenvalue weighted by Gasteiger charge is -2.38. The molecule has 5 heterocycles. The molecule has 0 saturated carbocycles. The first-order valence-corrected chi connectivity index (χ1v) is 21.8. The van der Waals surface area contributed by atoms with Crippen molar-refractivity contribution < 1.29 is 52.8 Å². The summed E-state index contributed by atoms with van der Waals surface area (Å²) in [5.74, 6) is -0.790. The molecule has 0 bridgehead atoms. The maximum Gasteiger partial charge on any atom is 0.416 e. The third kappa shape index (κ3) is 10.8. The number of aromatic nitrogens is 3. The summed E-state index contributed by atoms with van der Waals surface area (Å²) in [7, 11) is 4.84. The zero-order valence-corrected chi connectivity index (χ0v) is 37.5. The van der Waals surface area contributed by atoms with Crippen LogP contribution in [0.25, 0.3) is 11.1 Å². The van der Waals surface area contributed by atoms with Gasteiger partial charge in [-0.25, -0.2) is 14.7 Å². The van der Waals surface area contributed by atoms with Gasteiger partial charge in [0.2, 0.25) is 11.7 Å². The quantitative estimate of drug-likeness (QED) is 0.0777. The fraction of sp³-hybridized carbons (Fsp3) is 0.404. The van der Waals surface area contributed by atoms with Crippen molar-refractivity contribution in [2.75, 3.05) is 55.6 Å². The summed E-state index contributed by atoms with van der Waals surface area (Å²) in [5, 5.41) is 17.8. The van der Waals surface area contributed by atoms with E-state index in [1.54, 1.807) is 54.8 Å². The Hall–Kier alpha value is -6.96. The molecule has 19 nitrogen and oxygen atoms in total. The monoisotopic (exact) mass is 908 g/mol. The number of imidazole rings is 1. The Labute approximate surface area is 382 Å². The van der Waals surface area contributed by atoms with Gasteiger partial charge in [0, 0.05) is 69.9 Å². The molecule has 0 aliphatic carbocycles. The number of methoxy groups -OCH3 is 1.